The van der Waals surface area contributed by atoms with E-state index >= 15 is 0 Å². The summed E-state index contributed by atoms with van der Waals surface area (Å²) >= 11 is 1.90. The average Bonchev–Trinajstić information content (AvgIpc) is 1.94. The first-order valence-corrected chi connectivity index (χ1v) is 3.98. The Bertz CT molecular complexity index is 233. The Labute approximate surface area is 75.1 Å². The van der Waals surface area contributed by atoms with Gasteiger partial charge in [0.05, 0.1) is 0 Å². The Kier molecular flexibility index (Phi) is 2.54. The SMILES string of the molecule is Cc1ccc(C)c(OI)c1. The molecule has 0 bridgehead atoms. The summed E-state index contributed by atoms with van der Waals surface area (Å²) in [5, 5.41) is 0. The highest BCUT2D eigenvalue weighted by atomic mass is 127. The molecule has 0 fully saturated rings. The summed E-state index contributed by atoms with van der Waals surface area (Å²) < 4.78 is 5.10. The van der Waals surface area contributed by atoms with E-state index in [1.165, 1.54) is 11.1 Å². The van der Waals surface area contributed by atoms with Crippen LogP contribution in [0, 0.1) is 13.8 Å². The van der Waals surface area contributed by atoms with Crippen molar-refractivity contribution >= 4 is 23.0 Å². The van der Waals surface area contributed by atoms with Crippen molar-refractivity contribution < 1.29 is 3.07 Å². The zero-order valence-electron chi connectivity index (χ0n) is 6.02. The molecule has 1 aromatic carbocycles. The van der Waals surface area contributed by atoms with E-state index in [0.29, 0.717) is 0 Å². The number of hydrogen-bond donors (Lipinski definition) is 0. The van der Waals surface area contributed by atoms with Gasteiger partial charge in [-0.25, -0.2) is 0 Å². The quantitative estimate of drug-likeness (QED) is 0.694. The molecular formula is C8H9IO. The Hall–Kier alpha value is -0.250. The zero-order valence-corrected chi connectivity index (χ0v) is 8.18. The van der Waals surface area contributed by atoms with Crippen molar-refractivity contribution in [3.05, 3.63) is 29.3 Å². The van der Waals surface area contributed by atoms with E-state index in [4.69, 9.17) is 3.07 Å². The predicted molar refractivity (Wildman–Crippen MR) is 50.6 cm³/mol. The van der Waals surface area contributed by atoms with E-state index in [1.807, 2.05) is 36.0 Å². The van der Waals surface area contributed by atoms with Crippen LogP contribution < -0.4 is 3.07 Å². The van der Waals surface area contributed by atoms with Crippen LogP contribution in [0.15, 0.2) is 18.2 Å². The van der Waals surface area contributed by atoms with Gasteiger partial charge in [-0.2, -0.15) is 0 Å². The highest BCUT2D eigenvalue weighted by Crippen LogP contribution is 2.20. The molecule has 0 unspecified atom stereocenters. The van der Waals surface area contributed by atoms with Crippen LogP contribution in [-0.4, -0.2) is 0 Å². The minimum absolute atomic E-state index is 0.959. The lowest BCUT2D eigenvalue weighted by atomic mass is 10.1. The number of benzene rings is 1. The zero-order chi connectivity index (χ0) is 7.56. The summed E-state index contributed by atoms with van der Waals surface area (Å²) in [6, 6.07) is 6.17. The Morgan fingerprint density at radius 1 is 1.30 bits per heavy atom. The molecule has 10 heavy (non-hydrogen) atoms. The minimum Gasteiger partial charge on any atom is -0.427 e. The monoisotopic (exact) mass is 248 g/mol. The first-order chi connectivity index (χ1) is 4.74. The fourth-order valence-corrected chi connectivity index (χ4v) is 1.26. The van der Waals surface area contributed by atoms with Gasteiger partial charge in [0.25, 0.3) is 0 Å². The van der Waals surface area contributed by atoms with Gasteiger partial charge in [0, 0.05) is 0 Å². The van der Waals surface area contributed by atoms with Crippen molar-refractivity contribution in [2.45, 2.75) is 13.8 Å². The molecule has 0 aliphatic rings. The molecule has 54 valence electrons. The summed E-state index contributed by atoms with van der Waals surface area (Å²) in [5.41, 5.74) is 2.41. The van der Waals surface area contributed by atoms with Crippen LogP contribution in [0.4, 0.5) is 0 Å². The van der Waals surface area contributed by atoms with Gasteiger partial charge < -0.3 is 3.07 Å². The summed E-state index contributed by atoms with van der Waals surface area (Å²) in [6.45, 7) is 4.09. The highest BCUT2D eigenvalue weighted by molar-refractivity contribution is 14.1. The van der Waals surface area contributed by atoms with Crippen molar-refractivity contribution in [2.75, 3.05) is 0 Å². The molecule has 0 atom stereocenters. The molecule has 0 amide bonds. The van der Waals surface area contributed by atoms with Crippen LogP contribution in [0.3, 0.4) is 0 Å². The van der Waals surface area contributed by atoms with E-state index in [9.17, 15) is 0 Å². The van der Waals surface area contributed by atoms with Gasteiger partial charge in [0.1, 0.15) is 5.75 Å². The molecule has 1 rings (SSSR count). The summed E-state index contributed by atoms with van der Waals surface area (Å²) in [7, 11) is 0. The Balaban J connectivity index is 3.09. The second-order valence-corrected chi connectivity index (χ2v) is 2.79. The summed E-state index contributed by atoms with van der Waals surface area (Å²) in [6.07, 6.45) is 0. The van der Waals surface area contributed by atoms with Gasteiger partial charge in [-0.05, 0) is 31.0 Å². The maximum absolute atomic E-state index is 5.10. The molecule has 0 N–H and O–H groups in total. The van der Waals surface area contributed by atoms with E-state index in [-0.39, 0.29) is 0 Å². The van der Waals surface area contributed by atoms with Gasteiger partial charge in [-0.3, -0.25) is 0 Å². The largest absolute Gasteiger partial charge is 0.427 e. The minimum atomic E-state index is 0.959. The molecular weight excluding hydrogens is 239 g/mol. The smallest absolute Gasteiger partial charge is 0.192 e. The standard InChI is InChI=1S/C8H9IO/c1-6-3-4-7(2)8(5-6)10-9/h3-5H,1-2H3. The summed E-state index contributed by atoms with van der Waals surface area (Å²) in [5.74, 6) is 0.959. The van der Waals surface area contributed by atoms with Gasteiger partial charge in [-0.1, -0.05) is 12.1 Å². The Morgan fingerprint density at radius 3 is 2.50 bits per heavy atom. The van der Waals surface area contributed by atoms with Gasteiger partial charge in [0.15, 0.2) is 23.0 Å². The third-order valence-electron chi connectivity index (χ3n) is 1.43. The number of rotatable bonds is 1. The van der Waals surface area contributed by atoms with Crippen molar-refractivity contribution in [1.82, 2.24) is 0 Å². The molecule has 0 heterocycles. The lowest BCUT2D eigenvalue weighted by Crippen LogP contribution is -1.80. The molecule has 0 spiro atoms. The maximum Gasteiger partial charge on any atom is 0.192 e. The number of halogens is 1. The first-order valence-electron chi connectivity index (χ1n) is 3.10. The molecule has 0 radical (unpaired) electrons. The summed E-state index contributed by atoms with van der Waals surface area (Å²) in [4.78, 5) is 0. The topological polar surface area (TPSA) is 9.23 Å². The van der Waals surface area contributed by atoms with Gasteiger partial charge in [-0.15, -0.1) is 0 Å². The second-order valence-electron chi connectivity index (χ2n) is 2.35. The van der Waals surface area contributed by atoms with E-state index < -0.39 is 0 Å². The van der Waals surface area contributed by atoms with Crippen molar-refractivity contribution in [3.8, 4) is 5.75 Å². The van der Waals surface area contributed by atoms with Crippen LogP contribution >= 0.6 is 23.0 Å². The highest BCUT2D eigenvalue weighted by Gasteiger charge is 1.96. The third-order valence-corrected chi connectivity index (χ3v) is 1.90. The van der Waals surface area contributed by atoms with Gasteiger partial charge in [0.2, 0.25) is 0 Å². The van der Waals surface area contributed by atoms with Crippen molar-refractivity contribution in [1.29, 1.82) is 0 Å². The molecule has 2 heteroatoms. The predicted octanol–water partition coefficient (Wildman–Crippen LogP) is 3.03. The first kappa shape index (κ1) is 7.85. The van der Waals surface area contributed by atoms with E-state index in [1.54, 1.807) is 0 Å². The second kappa shape index (κ2) is 3.23. The van der Waals surface area contributed by atoms with E-state index in [0.717, 1.165) is 5.75 Å². The van der Waals surface area contributed by atoms with Crippen molar-refractivity contribution in [2.24, 2.45) is 0 Å². The number of hydrogen-bond acceptors (Lipinski definition) is 1. The fourth-order valence-electron chi connectivity index (χ4n) is 0.790. The molecule has 0 aromatic heterocycles. The lowest BCUT2D eigenvalue weighted by molar-refractivity contribution is 0.708. The van der Waals surface area contributed by atoms with Crippen molar-refractivity contribution in [3.63, 3.8) is 0 Å². The van der Waals surface area contributed by atoms with Crippen LogP contribution in [0.2, 0.25) is 0 Å². The molecule has 1 aromatic rings. The van der Waals surface area contributed by atoms with Crippen LogP contribution in [0.1, 0.15) is 11.1 Å². The molecule has 0 aliphatic heterocycles. The normalized spacial score (nSPS) is 9.50. The Morgan fingerprint density at radius 2 is 2.00 bits per heavy atom. The van der Waals surface area contributed by atoms with Crippen LogP contribution in [0.5, 0.6) is 5.75 Å². The molecule has 0 saturated heterocycles. The molecule has 1 nitrogen and oxygen atoms in total. The lowest BCUT2D eigenvalue weighted by Gasteiger charge is -2.01. The fraction of sp³-hybridized carbons (Fsp3) is 0.250. The van der Waals surface area contributed by atoms with Crippen LogP contribution in [0.25, 0.3) is 0 Å². The average molecular weight is 248 g/mol. The molecule has 0 saturated carbocycles. The maximum atomic E-state index is 5.10. The van der Waals surface area contributed by atoms with E-state index in [2.05, 4.69) is 19.1 Å². The van der Waals surface area contributed by atoms with Gasteiger partial charge >= 0.3 is 0 Å². The van der Waals surface area contributed by atoms with Crippen LogP contribution in [-0.2, 0) is 0 Å². The number of aryl methyl sites for hydroxylation is 2. The molecule has 0 aliphatic carbocycles. The third kappa shape index (κ3) is 1.62.